The number of nitrogens with zero attached hydrogens (tertiary/aromatic N) is 2. The Kier molecular flexibility index (Phi) is 8.21. The van der Waals surface area contributed by atoms with Gasteiger partial charge < -0.3 is 19.9 Å². The molecule has 4 rings (SSSR count). The van der Waals surface area contributed by atoms with E-state index in [4.69, 9.17) is 28.6 Å². The lowest BCUT2D eigenvalue weighted by atomic mass is 10.0. The van der Waals surface area contributed by atoms with Gasteiger partial charge in [0.2, 0.25) is 0 Å². The monoisotopic (exact) mass is 498 g/mol. The molecule has 180 valence electrons. The standard InChI is InChI=1S/C26H31ClN4O2S/c1-18-13-19(2)23-15-20(25(32)29-24(23)14-18)17-31(8-4-7-30-9-11-33-12-10-30)26(34)28-22-6-3-5-21(27)16-22/h3,5-6,13-16H,4,7-12,17H2,1-2H3,(H,28,34)(H,29,32). The summed E-state index contributed by atoms with van der Waals surface area (Å²) in [5.41, 5.74) is 4.58. The Hall–Kier alpha value is -2.45. The SMILES string of the molecule is Cc1cc(C)c2cc(CN(CCCN3CCOCC3)C(=S)Nc3cccc(Cl)c3)c(=O)[nH]c2c1. The molecule has 2 N–H and O–H groups in total. The highest BCUT2D eigenvalue weighted by Gasteiger charge is 2.16. The number of aryl methyl sites for hydroxylation is 2. The van der Waals surface area contributed by atoms with Crippen LogP contribution >= 0.6 is 23.8 Å². The fraction of sp³-hybridized carbons (Fsp3) is 0.385. The summed E-state index contributed by atoms with van der Waals surface area (Å²) in [6.45, 7) is 9.70. The number of hydrogen-bond acceptors (Lipinski definition) is 4. The van der Waals surface area contributed by atoms with Crippen molar-refractivity contribution in [2.45, 2.75) is 26.8 Å². The van der Waals surface area contributed by atoms with E-state index in [0.717, 1.165) is 73.5 Å². The van der Waals surface area contributed by atoms with Crippen LogP contribution in [0, 0.1) is 13.8 Å². The van der Waals surface area contributed by atoms with E-state index in [2.05, 4.69) is 33.1 Å². The van der Waals surface area contributed by atoms with Gasteiger partial charge in [0.15, 0.2) is 5.11 Å². The molecule has 0 atom stereocenters. The molecule has 1 aromatic heterocycles. The smallest absolute Gasteiger partial charge is 0.253 e. The Morgan fingerprint density at radius 2 is 2.00 bits per heavy atom. The highest BCUT2D eigenvalue weighted by molar-refractivity contribution is 7.80. The minimum Gasteiger partial charge on any atom is -0.379 e. The van der Waals surface area contributed by atoms with E-state index < -0.39 is 0 Å². The zero-order valence-corrected chi connectivity index (χ0v) is 21.3. The van der Waals surface area contributed by atoms with Gasteiger partial charge in [-0.1, -0.05) is 23.7 Å². The number of pyridine rings is 1. The number of aromatic amines is 1. The first-order chi connectivity index (χ1) is 16.4. The van der Waals surface area contributed by atoms with Gasteiger partial charge in [0.25, 0.3) is 5.56 Å². The summed E-state index contributed by atoms with van der Waals surface area (Å²) in [6, 6.07) is 13.6. The predicted octanol–water partition coefficient (Wildman–Crippen LogP) is 4.72. The maximum Gasteiger partial charge on any atom is 0.253 e. The number of rotatable bonds is 7. The lowest BCUT2D eigenvalue weighted by Crippen LogP contribution is -2.40. The van der Waals surface area contributed by atoms with Crippen LogP contribution in [0.2, 0.25) is 5.02 Å². The van der Waals surface area contributed by atoms with Crippen molar-refractivity contribution < 1.29 is 4.74 Å². The molecule has 0 saturated carbocycles. The number of hydrogen-bond donors (Lipinski definition) is 2. The maximum absolute atomic E-state index is 13.0. The summed E-state index contributed by atoms with van der Waals surface area (Å²) in [6.07, 6.45) is 0.932. The summed E-state index contributed by atoms with van der Waals surface area (Å²) in [7, 11) is 0. The largest absolute Gasteiger partial charge is 0.379 e. The molecule has 0 unspecified atom stereocenters. The Morgan fingerprint density at radius 3 is 2.76 bits per heavy atom. The molecule has 1 aliphatic rings. The van der Waals surface area contributed by atoms with Crippen molar-refractivity contribution in [2.75, 3.05) is 44.7 Å². The van der Waals surface area contributed by atoms with Crippen LogP contribution in [0.1, 0.15) is 23.1 Å². The number of benzene rings is 2. The van der Waals surface area contributed by atoms with Gasteiger partial charge in [-0.3, -0.25) is 9.69 Å². The van der Waals surface area contributed by atoms with Crippen molar-refractivity contribution in [1.29, 1.82) is 0 Å². The Bertz CT molecular complexity index is 1220. The third-order valence-electron chi connectivity index (χ3n) is 6.12. The van der Waals surface area contributed by atoms with Gasteiger partial charge in [0.05, 0.1) is 19.8 Å². The predicted molar refractivity (Wildman–Crippen MR) is 144 cm³/mol. The first kappa shape index (κ1) is 24.7. The van der Waals surface area contributed by atoms with E-state index in [1.165, 1.54) is 0 Å². The number of H-pyrrole nitrogens is 1. The molecule has 34 heavy (non-hydrogen) atoms. The number of aromatic nitrogens is 1. The Balaban J connectivity index is 1.54. The number of halogens is 1. The van der Waals surface area contributed by atoms with Crippen molar-refractivity contribution in [2.24, 2.45) is 0 Å². The fourth-order valence-corrected chi connectivity index (χ4v) is 4.83. The molecule has 2 aromatic carbocycles. The van der Waals surface area contributed by atoms with E-state index in [0.29, 0.717) is 22.2 Å². The summed E-state index contributed by atoms with van der Waals surface area (Å²) in [4.78, 5) is 20.5. The van der Waals surface area contributed by atoms with Crippen molar-refractivity contribution in [1.82, 2.24) is 14.8 Å². The lowest BCUT2D eigenvalue weighted by Gasteiger charge is -2.29. The molecule has 3 aromatic rings. The van der Waals surface area contributed by atoms with Gasteiger partial charge in [-0.15, -0.1) is 0 Å². The van der Waals surface area contributed by atoms with Crippen LogP contribution in [-0.4, -0.2) is 59.3 Å². The van der Waals surface area contributed by atoms with Crippen LogP contribution in [0.15, 0.2) is 47.3 Å². The molecule has 1 aliphatic heterocycles. The highest BCUT2D eigenvalue weighted by Crippen LogP contribution is 2.20. The zero-order chi connectivity index (χ0) is 24.1. The van der Waals surface area contributed by atoms with Gasteiger partial charge in [0, 0.05) is 53.4 Å². The summed E-state index contributed by atoms with van der Waals surface area (Å²) < 4.78 is 5.45. The van der Waals surface area contributed by atoms with E-state index in [9.17, 15) is 4.79 Å². The van der Waals surface area contributed by atoms with E-state index >= 15 is 0 Å². The van der Waals surface area contributed by atoms with Gasteiger partial charge in [-0.25, -0.2) is 0 Å². The molecule has 2 heterocycles. The first-order valence-corrected chi connectivity index (χ1v) is 12.4. The average molecular weight is 499 g/mol. The molecule has 0 radical (unpaired) electrons. The molecule has 1 fully saturated rings. The Labute approximate surface area is 210 Å². The quantitative estimate of drug-likeness (QED) is 0.460. The number of thiocarbonyl (C=S) groups is 1. The first-order valence-electron chi connectivity index (χ1n) is 11.6. The van der Waals surface area contributed by atoms with E-state index in [-0.39, 0.29) is 5.56 Å². The molecular formula is C26H31ClN4O2S. The highest BCUT2D eigenvalue weighted by atomic mass is 35.5. The average Bonchev–Trinajstić information content (AvgIpc) is 2.79. The summed E-state index contributed by atoms with van der Waals surface area (Å²) >= 11 is 11.9. The van der Waals surface area contributed by atoms with Crippen molar-refractivity contribution >= 4 is 45.5 Å². The van der Waals surface area contributed by atoms with Crippen LogP contribution in [0.4, 0.5) is 5.69 Å². The minimum absolute atomic E-state index is 0.0822. The van der Waals surface area contributed by atoms with Crippen LogP contribution in [-0.2, 0) is 11.3 Å². The van der Waals surface area contributed by atoms with Gasteiger partial charge in [-0.05, 0) is 73.9 Å². The molecule has 0 amide bonds. The Morgan fingerprint density at radius 1 is 1.21 bits per heavy atom. The zero-order valence-electron chi connectivity index (χ0n) is 19.7. The third-order valence-corrected chi connectivity index (χ3v) is 6.72. The molecule has 1 saturated heterocycles. The maximum atomic E-state index is 13.0. The summed E-state index contributed by atoms with van der Waals surface area (Å²) in [5, 5.41) is 5.57. The second-order valence-electron chi connectivity index (χ2n) is 8.84. The van der Waals surface area contributed by atoms with Crippen LogP contribution in [0.3, 0.4) is 0 Å². The van der Waals surface area contributed by atoms with Crippen LogP contribution < -0.4 is 10.9 Å². The van der Waals surface area contributed by atoms with Crippen molar-refractivity contribution in [3.63, 3.8) is 0 Å². The minimum atomic E-state index is -0.0822. The van der Waals surface area contributed by atoms with E-state index in [1.807, 2.05) is 43.3 Å². The summed E-state index contributed by atoms with van der Waals surface area (Å²) in [5.74, 6) is 0. The fourth-order valence-electron chi connectivity index (χ4n) is 4.37. The molecule has 0 spiro atoms. The van der Waals surface area contributed by atoms with Crippen LogP contribution in [0.25, 0.3) is 10.9 Å². The van der Waals surface area contributed by atoms with Crippen molar-refractivity contribution in [3.05, 3.63) is 74.5 Å². The van der Waals surface area contributed by atoms with Gasteiger partial charge in [0.1, 0.15) is 0 Å². The molecular weight excluding hydrogens is 468 g/mol. The third kappa shape index (κ3) is 6.36. The van der Waals surface area contributed by atoms with Crippen LogP contribution in [0.5, 0.6) is 0 Å². The number of anilines is 1. The van der Waals surface area contributed by atoms with Gasteiger partial charge >= 0.3 is 0 Å². The van der Waals surface area contributed by atoms with Crippen molar-refractivity contribution in [3.8, 4) is 0 Å². The second kappa shape index (κ2) is 11.3. The number of fused-ring (bicyclic) bond motifs is 1. The molecule has 8 heteroatoms. The number of nitrogens with one attached hydrogen (secondary N) is 2. The normalized spacial score (nSPS) is 14.3. The topological polar surface area (TPSA) is 60.6 Å². The second-order valence-corrected chi connectivity index (χ2v) is 9.66. The lowest BCUT2D eigenvalue weighted by molar-refractivity contribution is 0.0367. The van der Waals surface area contributed by atoms with E-state index in [1.54, 1.807) is 0 Å². The number of morpholine rings is 1. The molecule has 6 nitrogen and oxygen atoms in total. The molecule has 0 bridgehead atoms. The van der Waals surface area contributed by atoms with Gasteiger partial charge in [-0.2, -0.15) is 0 Å². The number of ether oxygens (including phenoxy) is 1. The molecule has 0 aliphatic carbocycles.